The number of halogens is 4. The van der Waals surface area contributed by atoms with Gasteiger partial charge in [-0.05, 0) is 73.2 Å². The predicted octanol–water partition coefficient (Wildman–Crippen LogP) is 7.23. The number of methoxy groups -OCH3 is 1. The highest BCUT2D eigenvalue weighted by molar-refractivity contribution is 6.31. The number of carbonyl (C=O) groups is 1. The van der Waals surface area contributed by atoms with Gasteiger partial charge in [0.05, 0.1) is 34.9 Å². The summed E-state index contributed by atoms with van der Waals surface area (Å²) in [7, 11) is 1.69. The van der Waals surface area contributed by atoms with Crippen molar-refractivity contribution in [1.82, 2.24) is 14.9 Å². The van der Waals surface area contributed by atoms with Crippen molar-refractivity contribution in [2.45, 2.75) is 37.8 Å². The van der Waals surface area contributed by atoms with Crippen LogP contribution in [0.4, 0.5) is 30.5 Å². The second-order valence-corrected chi connectivity index (χ2v) is 11.2. The number of hydrogen-bond acceptors (Lipinski definition) is 8. The van der Waals surface area contributed by atoms with E-state index in [1.54, 1.807) is 19.2 Å². The molecule has 1 saturated heterocycles. The zero-order valence-electron chi connectivity index (χ0n) is 25.6. The number of nitrogens with zero attached hydrogens (tertiary/aromatic N) is 3. The largest absolute Gasteiger partial charge is 0.388 e. The molecule has 0 bridgehead atoms. The van der Waals surface area contributed by atoms with Crippen LogP contribution in [0.3, 0.4) is 0 Å². The number of rotatable bonds is 8. The van der Waals surface area contributed by atoms with Crippen LogP contribution >= 0.6 is 11.6 Å². The zero-order valence-corrected chi connectivity index (χ0v) is 26.3. The highest BCUT2D eigenvalue weighted by Crippen LogP contribution is 2.41. The van der Waals surface area contributed by atoms with Gasteiger partial charge in [0.25, 0.3) is 0 Å². The quantitative estimate of drug-likeness (QED) is 0.171. The van der Waals surface area contributed by atoms with E-state index in [4.69, 9.17) is 21.1 Å². The van der Waals surface area contributed by atoms with Crippen molar-refractivity contribution in [3.05, 3.63) is 89.4 Å². The van der Waals surface area contributed by atoms with Crippen molar-refractivity contribution in [2.75, 3.05) is 44.0 Å². The van der Waals surface area contributed by atoms with Gasteiger partial charge in [-0.2, -0.15) is 0 Å². The van der Waals surface area contributed by atoms with E-state index in [1.165, 1.54) is 24.4 Å². The number of ether oxygens (including phenoxy) is 1. The van der Waals surface area contributed by atoms with Crippen LogP contribution in [0.1, 0.15) is 36.5 Å². The Balaban J connectivity index is 0.00000116. The molecule has 2 aliphatic rings. The summed E-state index contributed by atoms with van der Waals surface area (Å²) in [6.07, 6.45) is 3.62. The molecule has 1 unspecified atom stereocenters. The van der Waals surface area contributed by atoms with Crippen molar-refractivity contribution in [3.8, 4) is 11.1 Å². The number of piperidine rings is 1. The van der Waals surface area contributed by atoms with E-state index in [9.17, 15) is 5.11 Å². The normalized spacial score (nSPS) is 16.2. The highest BCUT2D eigenvalue weighted by Gasteiger charge is 2.26. The lowest BCUT2D eigenvalue weighted by atomic mass is 10.0. The minimum Gasteiger partial charge on any atom is -0.388 e. The number of benzene rings is 3. The molecule has 0 spiro atoms. The second-order valence-electron chi connectivity index (χ2n) is 10.8. The fourth-order valence-electron chi connectivity index (χ4n) is 5.86. The maximum absolute atomic E-state index is 15.8. The molecule has 2 heterocycles. The topological polar surface area (TPSA) is 99.6 Å². The minimum atomic E-state index is -0.948. The van der Waals surface area contributed by atoms with Gasteiger partial charge >= 0.3 is 0 Å². The van der Waals surface area contributed by atoms with E-state index >= 15 is 13.2 Å². The molecule has 46 heavy (non-hydrogen) atoms. The number of carbonyl (C=O) groups excluding carboxylic acids is 1. The van der Waals surface area contributed by atoms with Crippen molar-refractivity contribution in [3.63, 3.8) is 0 Å². The number of nitrogens with one attached hydrogen (secondary N) is 2. The standard InChI is InChI=1S/C31H31ClF3N5O2.C2H4.CH2O/c1-42-13-12-40-10-8-18(9-11-40)37-31-36-16-22-24(39-31)5-2-20(29(22)34)28-23(33)4-6-25(30(28)35)38-26-15-17(32)14-21-19(26)3-7-27(21)41;2*1-2/h2,4-6,14-16,18,27,38,41H,3,7-13H2,1H3,(H,36,37,39);1-2H2;1H2. The Kier molecular flexibility index (Phi) is 12.1. The van der Waals surface area contributed by atoms with Crippen LogP contribution in [0.5, 0.6) is 0 Å². The van der Waals surface area contributed by atoms with Crippen LogP contribution in [0.25, 0.3) is 22.0 Å². The summed E-state index contributed by atoms with van der Waals surface area (Å²) in [6.45, 7) is 11.5. The highest BCUT2D eigenvalue weighted by atomic mass is 35.5. The summed E-state index contributed by atoms with van der Waals surface area (Å²) in [5.41, 5.74) is 1.55. The Bertz CT molecular complexity index is 1670. The van der Waals surface area contributed by atoms with Gasteiger partial charge in [0.15, 0.2) is 5.82 Å². The first kappa shape index (κ1) is 34.8. The molecule has 1 fully saturated rings. The molecular weight excluding hydrogens is 619 g/mol. The summed E-state index contributed by atoms with van der Waals surface area (Å²) < 4.78 is 51.8. The van der Waals surface area contributed by atoms with Gasteiger partial charge in [-0.1, -0.05) is 11.6 Å². The van der Waals surface area contributed by atoms with Crippen LogP contribution < -0.4 is 10.6 Å². The van der Waals surface area contributed by atoms with Crippen molar-refractivity contribution >= 4 is 46.6 Å². The Hall–Kier alpha value is -4.03. The maximum Gasteiger partial charge on any atom is 0.223 e. The molecule has 0 saturated carbocycles. The molecule has 0 radical (unpaired) electrons. The average molecular weight is 656 g/mol. The summed E-state index contributed by atoms with van der Waals surface area (Å²) in [6, 6.07) is 8.73. The molecule has 1 atom stereocenters. The SMILES string of the molecule is C=C.C=O.COCCN1CCC(Nc2ncc3c(F)c(-c4c(F)ccc(Nc5cc(Cl)cc6c5CCC6O)c4F)ccc3n2)CC1. The first-order chi connectivity index (χ1) is 22.3. The van der Waals surface area contributed by atoms with Crippen molar-refractivity contribution in [2.24, 2.45) is 0 Å². The van der Waals surface area contributed by atoms with E-state index in [-0.39, 0.29) is 22.7 Å². The Morgan fingerprint density at radius 1 is 1.04 bits per heavy atom. The molecule has 1 aromatic heterocycles. The number of aliphatic hydroxyl groups is 1. The van der Waals surface area contributed by atoms with Gasteiger partial charge in [-0.15, -0.1) is 13.2 Å². The lowest BCUT2D eigenvalue weighted by Crippen LogP contribution is -2.40. The van der Waals surface area contributed by atoms with Gasteiger partial charge in [-0.3, -0.25) is 0 Å². The zero-order chi connectivity index (χ0) is 33.4. The number of fused-ring (bicyclic) bond motifs is 2. The third kappa shape index (κ3) is 7.50. The first-order valence-electron chi connectivity index (χ1n) is 14.8. The van der Waals surface area contributed by atoms with Gasteiger partial charge in [0.1, 0.15) is 18.4 Å². The van der Waals surface area contributed by atoms with E-state index in [0.29, 0.717) is 47.2 Å². The molecule has 1 aliphatic carbocycles. The molecule has 6 rings (SSSR count). The fourth-order valence-corrected chi connectivity index (χ4v) is 6.09. The smallest absolute Gasteiger partial charge is 0.223 e. The van der Waals surface area contributed by atoms with Crippen molar-refractivity contribution in [1.29, 1.82) is 0 Å². The van der Waals surface area contributed by atoms with E-state index in [1.807, 2.05) is 6.79 Å². The first-order valence-corrected chi connectivity index (χ1v) is 15.2. The Morgan fingerprint density at radius 2 is 1.78 bits per heavy atom. The van der Waals surface area contributed by atoms with Crippen LogP contribution in [-0.2, 0) is 16.0 Å². The number of aromatic nitrogens is 2. The lowest BCUT2D eigenvalue weighted by Gasteiger charge is -2.32. The predicted molar refractivity (Wildman–Crippen MR) is 176 cm³/mol. The van der Waals surface area contributed by atoms with Gasteiger partial charge < -0.3 is 30.2 Å². The molecule has 0 amide bonds. The van der Waals surface area contributed by atoms with Crippen LogP contribution in [0.2, 0.25) is 5.02 Å². The monoisotopic (exact) mass is 655 g/mol. The molecule has 3 aromatic carbocycles. The van der Waals surface area contributed by atoms with E-state index in [2.05, 4.69) is 38.7 Å². The number of anilines is 3. The molecule has 3 N–H and O–H groups in total. The summed E-state index contributed by atoms with van der Waals surface area (Å²) in [4.78, 5) is 19.1. The van der Waals surface area contributed by atoms with Crippen LogP contribution in [0, 0.1) is 17.5 Å². The molecule has 4 aromatic rings. The molecule has 244 valence electrons. The number of likely N-dealkylation sites (tertiary alicyclic amines) is 1. The Morgan fingerprint density at radius 3 is 2.50 bits per heavy atom. The van der Waals surface area contributed by atoms with Crippen LogP contribution in [0.15, 0.2) is 55.8 Å². The average Bonchev–Trinajstić information content (AvgIpc) is 3.45. The van der Waals surface area contributed by atoms with E-state index in [0.717, 1.165) is 44.1 Å². The maximum atomic E-state index is 15.8. The molecule has 1 aliphatic heterocycles. The molecule has 8 nitrogen and oxygen atoms in total. The lowest BCUT2D eigenvalue weighted by molar-refractivity contribution is -0.0980. The third-order valence-electron chi connectivity index (χ3n) is 8.14. The minimum absolute atomic E-state index is 0.0409. The van der Waals surface area contributed by atoms with E-state index < -0.39 is 29.1 Å². The number of aliphatic hydroxyl groups excluding tert-OH is 1. The Labute approximate surface area is 271 Å². The third-order valence-corrected chi connectivity index (χ3v) is 8.36. The summed E-state index contributed by atoms with van der Waals surface area (Å²) in [5.74, 6) is -2.28. The molecular formula is C34H37ClF3N5O3. The summed E-state index contributed by atoms with van der Waals surface area (Å²) >= 11 is 6.24. The second kappa shape index (κ2) is 16.0. The number of hydrogen-bond donors (Lipinski definition) is 3. The van der Waals surface area contributed by atoms with Crippen molar-refractivity contribution < 1.29 is 27.8 Å². The summed E-state index contributed by atoms with van der Waals surface area (Å²) in [5, 5.41) is 17.0. The van der Waals surface area contributed by atoms with Gasteiger partial charge in [0, 0.05) is 55.3 Å². The van der Waals surface area contributed by atoms with Gasteiger partial charge in [0.2, 0.25) is 5.95 Å². The molecule has 12 heteroatoms. The van der Waals surface area contributed by atoms with Crippen LogP contribution in [-0.4, -0.2) is 66.2 Å². The van der Waals surface area contributed by atoms with Gasteiger partial charge in [-0.25, -0.2) is 23.1 Å². The fraction of sp³-hybridized carbons (Fsp3) is 0.324.